The Bertz CT molecular complexity index is 335. The first-order valence-electron chi connectivity index (χ1n) is 5.89. The van der Waals surface area contributed by atoms with E-state index in [2.05, 4.69) is 26.0 Å². The van der Waals surface area contributed by atoms with Crippen LogP contribution in [0.2, 0.25) is 0 Å². The molecule has 0 aliphatic rings. The Hall–Kier alpha value is -0.620. The maximum Gasteiger partial charge on any atom is 0.169 e. The second kappa shape index (κ2) is 6.35. The Morgan fingerprint density at radius 2 is 1.82 bits per heavy atom. The summed E-state index contributed by atoms with van der Waals surface area (Å²) >= 11 is 0. The van der Waals surface area contributed by atoms with Gasteiger partial charge in [0.1, 0.15) is 6.54 Å². The Balaban J connectivity index is 2.46. The Morgan fingerprint density at radius 1 is 1.24 bits per heavy atom. The molecule has 1 unspecified atom stereocenters. The first-order valence-corrected chi connectivity index (χ1v) is 7.57. The van der Waals surface area contributed by atoms with E-state index in [0.717, 1.165) is 6.42 Å². The highest BCUT2D eigenvalue weighted by Gasteiger charge is 2.12. The largest absolute Gasteiger partial charge is 0.308 e. The van der Waals surface area contributed by atoms with Gasteiger partial charge in [-0.15, -0.1) is 0 Å². The summed E-state index contributed by atoms with van der Waals surface area (Å²) in [5, 5.41) is 0. The van der Waals surface area contributed by atoms with Crippen LogP contribution in [-0.4, -0.2) is 19.4 Å². The molecular formula is C12H22NO3S+. The summed E-state index contributed by atoms with van der Waals surface area (Å²) in [6, 6.07) is 4.18. The molecule has 1 aromatic rings. The van der Waals surface area contributed by atoms with Crippen LogP contribution in [0, 0.1) is 0 Å². The molecule has 0 aliphatic heterocycles. The van der Waals surface area contributed by atoms with Crippen molar-refractivity contribution in [2.45, 2.75) is 39.2 Å². The van der Waals surface area contributed by atoms with E-state index >= 15 is 0 Å². The summed E-state index contributed by atoms with van der Waals surface area (Å²) in [6.45, 7) is 5.04. The molecule has 1 atom stereocenters. The number of hydrogen-bond donors (Lipinski definition) is 3. The summed E-state index contributed by atoms with van der Waals surface area (Å²) < 4.78 is 28.5. The molecule has 0 spiro atoms. The standard InChI is InChI=1S/C12H21NO3S/c1-3-11(2)12-5-8-13(9-6-12)7-4-10-17(14,15)16/h5-6,8-9,11H,3-4,7,10H2,1-2H3,(H2-,14,15,16)/p+1. The van der Waals surface area contributed by atoms with Crippen LogP contribution < -0.4 is 4.57 Å². The van der Waals surface area contributed by atoms with Crippen molar-refractivity contribution in [3.8, 4) is 0 Å². The quantitative estimate of drug-likeness (QED) is 0.689. The van der Waals surface area contributed by atoms with Gasteiger partial charge < -0.3 is 13.7 Å². The first-order chi connectivity index (χ1) is 7.92. The van der Waals surface area contributed by atoms with Gasteiger partial charge in [0.2, 0.25) is 0 Å². The van der Waals surface area contributed by atoms with Crippen LogP contribution in [0.3, 0.4) is 0 Å². The zero-order valence-corrected chi connectivity index (χ0v) is 11.2. The molecule has 0 fully saturated rings. The smallest absolute Gasteiger partial charge is 0.169 e. The van der Waals surface area contributed by atoms with E-state index < -0.39 is 10.9 Å². The normalized spacial score (nSPS) is 14.6. The van der Waals surface area contributed by atoms with Crippen molar-refractivity contribution in [1.29, 1.82) is 0 Å². The zero-order chi connectivity index (χ0) is 12.9. The molecule has 5 heteroatoms. The first kappa shape index (κ1) is 14.4. The Morgan fingerprint density at radius 3 is 2.29 bits per heavy atom. The minimum Gasteiger partial charge on any atom is -0.308 e. The van der Waals surface area contributed by atoms with Crippen molar-refractivity contribution < 1.29 is 18.2 Å². The summed E-state index contributed by atoms with van der Waals surface area (Å²) in [5.41, 5.74) is 1.31. The maximum absolute atomic E-state index is 8.83. The van der Waals surface area contributed by atoms with Gasteiger partial charge in [-0.1, -0.05) is 13.8 Å². The second-order valence-corrected chi connectivity index (χ2v) is 6.04. The summed E-state index contributed by atoms with van der Waals surface area (Å²) in [4.78, 5) is 0. The van der Waals surface area contributed by atoms with Crippen LogP contribution in [0.15, 0.2) is 24.5 Å². The lowest BCUT2D eigenvalue weighted by Crippen LogP contribution is -2.33. The van der Waals surface area contributed by atoms with Gasteiger partial charge in [0.05, 0.1) is 16.6 Å². The number of hydrogen-bond acceptors (Lipinski definition) is 3. The zero-order valence-electron chi connectivity index (χ0n) is 10.4. The fourth-order valence-electron chi connectivity index (χ4n) is 1.62. The molecule has 0 bridgehead atoms. The second-order valence-electron chi connectivity index (χ2n) is 4.37. The summed E-state index contributed by atoms with van der Waals surface area (Å²) in [6.07, 6.45) is 5.65. The molecule has 3 N–H and O–H groups in total. The number of aromatic nitrogens is 1. The fourth-order valence-corrected chi connectivity index (χ4v) is 2.14. The van der Waals surface area contributed by atoms with Gasteiger partial charge >= 0.3 is 0 Å². The van der Waals surface area contributed by atoms with Crippen molar-refractivity contribution in [3.05, 3.63) is 30.1 Å². The van der Waals surface area contributed by atoms with E-state index in [1.165, 1.54) is 5.56 Å². The van der Waals surface area contributed by atoms with Gasteiger partial charge in [-0.05, 0) is 17.9 Å². The molecule has 0 aromatic carbocycles. The highest BCUT2D eigenvalue weighted by atomic mass is 32.3. The van der Waals surface area contributed by atoms with Crippen LogP contribution >= 0.6 is 10.9 Å². The SMILES string of the molecule is CCC(C)c1cc[n+](CCCS(O)(O)O)cc1. The van der Waals surface area contributed by atoms with E-state index in [4.69, 9.17) is 13.7 Å². The maximum atomic E-state index is 8.83. The minimum absolute atomic E-state index is 0.0348. The summed E-state index contributed by atoms with van der Waals surface area (Å²) in [5.74, 6) is 0.599. The van der Waals surface area contributed by atoms with E-state index in [1.807, 2.05) is 17.0 Å². The van der Waals surface area contributed by atoms with Crippen LogP contribution in [-0.2, 0) is 6.54 Å². The third-order valence-electron chi connectivity index (χ3n) is 2.93. The molecule has 0 radical (unpaired) electrons. The Kier molecular flexibility index (Phi) is 5.39. The van der Waals surface area contributed by atoms with Gasteiger partial charge in [0.25, 0.3) is 0 Å². The van der Waals surface area contributed by atoms with Gasteiger partial charge in [0.15, 0.2) is 12.4 Å². The van der Waals surface area contributed by atoms with Crippen molar-refractivity contribution in [2.24, 2.45) is 0 Å². The number of rotatable bonds is 6. The fraction of sp³-hybridized carbons (Fsp3) is 0.583. The average Bonchev–Trinajstić information content (AvgIpc) is 2.27. The third-order valence-corrected chi connectivity index (χ3v) is 3.77. The molecule has 17 heavy (non-hydrogen) atoms. The van der Waals surface area contributed by atoms with Gasteiger partial charge in [0, 0.05) is 18.6 Å². The third kappa shape index (κ3) is 5.50. The van der Waals surface area contributed by atoms with Gasteiger partial charge in [-0.2, -0.15) is 0 Å². The van der Waals surface area contributed by atoms with Gasteiger partial charge in [-0.25, -0.2) is 4.57 Å². The predicted molar refractivity (Wildman–Crippen MR) is 70.3 cm³/mol. The van der Waals surface area contributed by atoms with Crippen molar-refractivity contribution in [2.75, 3.05) is 5.75 Å². The van der Waals surface area contributed by atoms with Crippen molar-refractivity contribution >= 4 is 10.9 Å². The molecule has 1 heterocycles. The minimum atomic E-state index is -3.33. The monoisotopic (exact) mass is 260 g/mol. The van der Waals surface area contributed by atoms with Crippen LogP contribution in [0.1, 0.15) is 38.2 Å². The highest BCUT2D eigenvalue weighted by molar-refractivity contribution is 8.19. The molecular weight excluding hydrogens is 238 g/mol. The number of aryl methyl sites for hydroxylation is 1. The molecule has 4 nitrogen and oxygen atoms in total. The average molecular weight is 260 g/mol. The van der Waals surface area contributed by atoms with E-state index in [-0.39, 0.29) is 5.75 Å². The highest BCUT2D eigenvalue weighted by Crippen LogP contribution is 2.32. The molecule has 0 saturated heterocycles. The van der Waals surface area contributed by atoms with Crippen molar-refractivity contribution in [3.63, 3.8) is 0 Å². The number of pyridine rings is 1. The van der Waals surface area contributed by atoms with Crippen LogP contribution in [0.4, 0.5) is 0 Å². The molecule has 1 aromatic heterocycles. The van der Waals surface area contributed by atoms with Crippen LogP contribution in [0.25, 0.3) is 0 Å². The van der Waals surface area contributed by atoms with Gasteiger partial charge in [-0.3, -0.25) is 0 Å². The molecule has 0 amide bonds. The molecule has 0 aliphatic carbocycles. The predicted octanol–water partition coefficient (Wildman–Crippen LogP) is 3.10. The lowest BCUT2D eigenvalue weighted by molar-refractivity contribution is -0.696. The van der Waals surface area contributed by atoms with E-state index in [9.17, 15) is 0 Å². The molecule has 0 saturated carbocycles. The number of nitrogens with zero attached hydrogens (tertiary/aromatic N) is 1. The van der Waals surface area contributed by atoms with Crippen molar-refractivity contribution in [1.82, 2.24) is 0 Å². The molecule has 1 rings (SSSR count). The lowest BCUT2D eigenvalue weighted by atomic mass is 10.0. The van der Waals surface area contributed by atoms with Crippen LogP contribution in [0.5, 0.6) is 0 Å². The summed E-state index contributed by atoms with van der Waals surface area (Å²) in [7, 11) is -3.33. The molecule has 98 valence electrons. The Labute approximate surface area is 104 Å². The topological polar surface area (TPSA) is 64.6 Å². The lowest BCUT2D eigenvalue weighted by Gasteiger charge is -2.17. The van der Waals surface area contributed by atoms with E-state index in [0.29, 0.717) is 18.9 Å². The van der Waals surface area contributed by atoms with E-state index in [1.54, 1.807) is 0 Å².